The third-order valence-corrected chi connectivity index (χ3v) is 3.60. The summed E-state index contributed by atoms with van der Waals surface area (Å²) in [5.74, 6) is 0.933. The molecular formula is C14H12ClN3OS. The van der Waals surface area contributed by atoms with Crippen LogP contribution < -0.4 is 10.5 Å². The van der Waals surface area contributed by atoms with Crippen molar-refractivity contribution in [2.24, 2.45) is 5.73 Å². The molecule has 0 atom stereocenters. The van der Waals surface area contributed by atoms with Crippen molar-refractivity contribution >= 4 is 28.8 Å². The second kappa shape index (κ2) is 5.34. The quantitative estimate of drug-likeness (QED) is 0.883. The Hall–Kier alpha value is -1.72. The average molecular weight is 306 g/mol. The Labute approximate surface area is 126 Å². The SMILES string of the molecule is NC(=S)c1cc2c(nc1Oc1cncc(Cl)c1)CCC2. The Morgan fingerprint density at radius 1 is 1.30 bits per heavy atom. The summed E-state index contributed by atoms with van der Waals surface area (Å²) in [6, 6.07) is 3.65. The molecule has 2 N–H and O–H groups in total. The van der Waals surface area contributed by atoms with Crippen LogP contribution in [0.25, 0.3) is 0 Å². The molecule has 0 aliphatic heterocycles. The molecule has 0 saturated carbocycles. The zero-order chi connectivity index (χ0) is 14.1. The molecule has 102 valence electrons. The molecule has 0 amide bonds. The van der Waals surface area contributed by atoms with Gasteiger partial charge in [0.1, 0.15) is 10.7 Å². The number of pyridine rings is 2. The fourth-order valence-electron chi connectivity index (χ4n) is 2.27. The summed E-state index contributed by atoms with van der Waals surface area (Å²) in [6.07, 6.45) is 6.18. The predicted octanol–water partition coefficient (Wildman–Crippen LogP) is 3.05. The molecular weight excluding hydrogens is 294 g/mol. The van der Waals surface area contributed by atoms with E-state index in [1.807, 2.05) is 6.07 Å². The average Bonchev–Trinajstić information content (AvgIpc) is 2.84. The summed E-state index contributed by atoms with van der Waals surface area (Å²) < 4.78 is 5.75. The standard InChI is InChI=1S/C14H12ClN3OS/c15-9-5-10(7-17-6-9)19-14-11(13(16)20)4-8-2-1-3-12(8)18-14/h4-7H,1-3H2,(H2,16,20). The van der Waals surface area contributed by atoms with E-state index < -0.39 is 0 Å². The molecule has 3 rings (SSSR count). The van der Waals surface area contributed by atoms with Crippen LogP contribution >= 0.6 is 23.8 Å². The van der Waals surface area contributed by atoms with E-state index >= 15 is 0 Å². The molecule has 0 radical (unpaired) electrons. The normalized spacial score (nSPS) is 13.1. The van der Waals surface area contributed by atoms with Gasteiger partial charge in [0.2, 0.25) is 5.88 Å². The van der Waals surface area contributed by atoms with Crippen LogP contribution in [0.4, 0.5) is 0 Å². The van der Waals surface area contributed by atoms with Gasteiger partial charge in [0.25, 0.3) is 0 Å². The summed E-state index contributed by atoms with van der Waals surface area (Å²) in [5.41, 5.74) is 8.66. The molecule has 0 saturated heterocycles. The third-order valence-electron chi connectivity index (χ3n) is 3.18. The maximum absolute atomic E-state index is 5.89. The van der Waals surface area contributed by atoms with Crippen LogP contribution in [0.2, 0.25) is 5.02 Å². The van der Waals surface area contributed by atoms with Crippen LogP contribution in [-0.4, -0.2) is 15.0 Å². The van der Waals surface area contributed by atoms with Crippen molar-refractivity contribution in [3.8, 4) is 11.6 Å². The van der Waals surface area contributed by atoms with Crippen molar-refractivity contribution in [1.29, 1.82) is 0 Å². The molecule has 1 aliphatic rings. The van der Waals surface area contributed by atoms with E-state index in [2.05, 4.69) is 9.97 Å². The molecule has 0 unspecified atom stereocenters. The number of thiocarbonyl (C=S) groups is 1. The van der Waals surface area contributed by atoms with Crippen molar-refractivity contribution < 1.29 is 4.74 Å². The van der Waals surface area contributed by atoms with Crippen LogP contribution in [-0.2, 0) is 12.8 Å². The van der Waals surface area contributed by atoms with Gasteiger partial charge in [0, 0.05) is 18.0 Å². The van der Waals surface area contributed by atoms with E-state index in [0.717, 1.165) is 25.0 Å². The molecule has 20 heavy (non-hydrogen) atoms. The van der Waals surface area contributed by atoms with Crippen LogP contribution in [0.15, 0.2) is 24.5 Å². The van der Waals surface area contributed by atoms with Gasteiger partial charge in [-0.25, -0.2) is 4.98 Å². The lowest BCUT2D eigenvalue weighted by Crippen LogP contribution is -2.13. The number of halogens is 1. The Morgan fingerprint density at radius 2 is 2.15 bits per heavy atom. The maximum atomic E-state index is 5.89. The number of hydrogen-bond donors (Lipinski definition) is 1. The van der Waals surface area contributed by atoms with Gasteiger partial charge in [-0.1, -0.05) is 23.8 Å². The van der Waals surface area contributed by atoms with Gasteiger partial charge in [-0.2, -0.15) is 0 Å². The molecule has 2 aromatic rings. The van der Waals surface area contributed by atoms with E-state index in [-0.39, 0.29) is 4.99 Å². The van der Waals surface area contributed by atoms with Crippen molar-refractivity contribution in [2.45, 2.75) is 19.3 Å². The highest BCUT2D eigenvalue weighted by atomic mass is 35.5. The van der Waals surface area contributed by atoms with E-state index in [0.29, 0.717) is 22.2 Å². The van der Waals surface area contributed by atoms with Crippen LogP contribution in [0.1, 0.15) is 23.2 Å². The molecule has 2 heterocycles. The fraction of sp³-hybridized carbons (Fsp3) is 0.214. The molecule has 0 fully saturated rings. The summed E-state index contributed by atoms with van der Waals surface area (Å²) in [5, 5.41) is 0.500. The van der Waals surface area contributed by atoms with E-state index in [1.165, 1.54) is 5.56 Å². The molecule has 0 aromatic carbocycles. The van der Waals surface area contributed by atoms with Crippen molar-refractivity contribution in [1.82, 2.24) is 9.97 Å². The maximum Gasteiger partial charge on any atom is 0.229 e. The van der Waals surface area contributed by atoms with Gasteiger partial charge in [-0.05, 0) is 30.9 Å². The number of nitrogens with zero attached hydrogens (tertiary/aromatic N) is 2. The van der Waals surface area contributed by atoms with E-state index in [4.69, 9.17) is 34.3 Å². The lowest BCUT2D eigenvalue weighted by atomic mass is 10.1. The first-order valence-corrected chi connectivity index (χ1v) is 7.03. The molecule has 0 spiro atoms. The van der Waals surface area contributed by atoms with Crippen molar-refractivity contribution in [2.75, 3.05) is 0 Å². The smallest absolute Gasteiger partial charge is 0.229 e. The zero-order valence-corrected chi connectivity index (χ0v) is 12.2. The summed E-state index contributed by atoms with van der Waals surface area (Å²) in [7, 11) is 0. The first-order valence-electron chi connectivity index (χ1n) is 6.24. The topological polar surface area (TPSA) is 61.0 Å². The third kappa shape index (κ3) is 2.59. The van der Waals surface area contributed by atoms with E-state index in [1.54, 1.807) is 18.5 Å². The van der Waals surface area contributed by atoms with Gasteiger partial charge in [0.05, 0.1) is 16.8 Å². The zero-order valence-electron chi connectivity index (χ0n) is 10.6. The highest BCUT2D eigenvalue weighted by molar-refractivity contribution is 7.80. The minimum absolute atomic E-state index is 0.275. The van der Waals surface area contributed by atoms with E-state index in [9.17, 15) is 0 Å². The minimum Gasteiger partial charge on any atom is -0.437 e. The Balaban J connectivity index is 2.01. The number of nitrogens with two attached hydrogens (primary N) is 1. The molecule has 1 aliphatic carbocycles. The largest absolute Gasteiger partial charge is 0.437 e. The second-order valence-corrected chi connectivity index (χ2v) is 5.48. The summed E-state index contributed by atoms with van der Waals surface area (Å²) in [6.45, 7) is 0. The van der Waals surface area contributed by atoms with Gasteiger partial charge >= 0.3 is 0 Å². The molecule has 2 aromatic heterocycles. The molecule has 0 bridgehead atoms. The lowest BCUT2D eigenvalue weighted by molar-refractivity contribution is 0.458. The first kappa shape index (κ1) is 13.3. The number of rotatable bonds is 3. The second-order valence-electron chi connectivity index (χ2n) is 4.61. The number of aromatic nitrogens is 2. The lowest BCUT2D eigenvalue weighted by Gasteiger charge is -2.11. The number of fused-ring (bicyclic) bond motifs is 1. The van der Waals surface area contributed by atoms with Crippen LogP contribution in [0.5, 0.6) is 11.6 Å². The highest BCUT2D eigenvalue weighted by Crippen LogP contribution is 2.30. The molecule has 4 nitrogen and oxygen atoms in total. The number of ether oxygens (including phenoxy) is 1. The number of aryl methyl sites for hydroxylation is 2. The Morgan fingerprint density at radius 3 is 2.90 bits per heavy atom. The monoisotopic (exact) mass is 305 g/mol. The van der Waals surface area contributed by atoms with Gasteiger partial charge in [-0.3, -0.25) is 4.98 Å². The van der Waals surface area contributed by atoms with Crippen molar-refractivity contribution in [3.05, 3.63) is 46.4 Å². The van der Waals surface area contributed by atoms with Crippen LogP contribution in [0.3, 0.4) is 0 Å². The number of hydrogen-bond acceptors (Lipinski definition) is 4. The van der Waals surface area contributed by atoms with Crippen molar-refractivity contribution in [3.63, 3.8) is 0 Å². The van der Waals surface area contributed by atoms with Crippen LogP contribution in [0, 0.1) is 0 Å². The Kier molecular flexibility index (Phi) is 3.54. The summed E-state index contributed by atoms with van der Waals surface area (Å²) >= 11 is 11.0. The Bertz CT molecular complexity index is 690. The highest BCUT2D eigenvalue weighted by Gasteiger charge is 2.19. The van der Waals surface area contributed by atoms with Gasteiger partial charge in [0.15, 0.2) is 0 Å². The summed E-state index contributed by atoms with van der Waals surface area (Å²) in [4.78, 5) is 8.79. The first-order chi connectivity index (χ1) is 9.63. The molecule has 6 heteroatoms. The van der Waals surface area contributed by atoms with Gasteiger partial charge in [-0.15, -0.1) is 0 Å². The minimum atomic E-state index is 0.275. The fourth-order valence-corrected chi connectivity index (χ4v) is 2.58. The van der Waals surface area contributed by atoms with Gasteiger partial charge < -0.3 is 10.5 Å². The predicted molar refractivity (Wildman–Crippen MR) is 81.5 cm³/mol.